The Morgan fingerprint density at radius 3 is 2.56 bits per heavy atom. The third-order valence-corrected chi connectivity index (χ3v) is 3.58. The molecule has 0 aliphatic carbocycles. The van der Waals surface area contributed by atoms with E-state index in [0.717, 1.165) is 6.54 Å². The number of methoxy groups -OCH3 is 1. The molecular formula is C12H23NO3. The first-order chi connectivity index (χ1) is 7.44. The lowest BCUT2D eigenvalue weighted by Gasteiger charge is -2.31. The molecule has 1 aliphatic heterocycles. The largest absolute Gasteiger partial charge is 0.469 e. The van der Waals surface area contributed by atoms with Crippen molar-refractivity contribution >= 4 is 5.97 Å². The van der Waals surface area contributed by atoms with Crippen LogP contribution in [-0.4, -0.2) is 47.8 Å². The van der Waals surface area contributed by atoms with Crippen LogP contribution in [0.15, 0.2) is 0 Å². The lowest BCUT2D eigenvalue weighted by atomic mass is 9.84. The molecule has 0 aromatic heterocycles. The predicted molar refractivity (Wildman–Crippen MR) is 62.1 cm³/mol. The van der Waals surface area contributed by atoms with Crippen LogP contribution >= 0.6 is 0 Å². The fourth-order valence-electron chi connectivity index (χ4n) is 2.48. The third kappa shape index (κ3) is 2.55. The van der Waals surface area contributed by atoms with Crippen molar-refractivity contribution in [3.8, 4) is 0 Å². The van der Waals surface area contributed by atoms with Gasteiger partial charge in [-0.3, -0.25) is 9.69 Å². The molecule has 16 heavy (non-hydrogen) atoms. The van der Waals surface area contributed by atoms with Crippen molar-refractivity contribution < 1.29 is 14.6 Å². The molecule has 1 fully saturated rings. The second-order valence-electron chi connectivity index (χ2n) is 4.90. The van der Waals surface area contributed by atoms with Crippen LogP contribution in [0.1, 0.15) is 33.6 Å². The number of esters is 1. The van der Waals surface area contributed by atoms with E-state index in [1.165, 1.54) is 7.11 Å². The lowest BCUT2D eigenvalue weighted by Crippen LogP contribution is -2.45. The van der Waals surface area contributed by atoms with Crippen molar-refractivity contribution in [1.29, 1.82) is 0 Å². The van der Waals surface area contributed by atoms with Crippen molar-refractivity contribution in [3.05, 3.63) is 0 Å². The number of aliphatic hydroxyl groups is 1. The Labute approximate surface area is 97.6 Å². The summed E-state index contributed by atoms with van der Waals surface area (Å²) in [5.74, 6) is -0.697. The number of hydrogen-bond donors (Lipinski definition) is 1. The minimum atomic E-state index is -0.911. The molecular weight excluding hydrogens is 206 g/mol. The van der Waals surface area contributed by atoms with Gasteiger partial charge in [0.25, 0.3) is 0 Å². The number of nitrogens with zero attached hydrogens (tertiary/aromatic N) is 1. The molecule has 2 atom stereocenters. The molecule has 0 amide bonds. The van der Waals surface area contributed by atoms with Gasteiger partial charge in [0, 0.05) is 19.1 Å². The summed E-state index contributed by atoms with van der Waals surface area (Å²) >= 11 is 0. The van der Waals surface area contributed by atoms with Crippen LogP contribution < -0.4 is 0 Å². The topological polar surface area (TPSA) is 49.8 Å². The van der Waals surface area contributed by atoms with Crippen LogP contribution in [0.4, 0.5) is 0 Å². The van der Waals surface area contributed by atoms with E-state index < -0.39 is 11.5 Å². The Morgan fingerprint density at radius 1 is 1.56 bits per heavy atom. The van der Waals surface area contributed by atoms with Gasteiger partial charge in [0.2, 0.25) is 0 Å². The van der Waals surface area contributed by atoms with E-state index in [9.17, 15) is 9.90 Å². The highest BCUT2D eigenvalue weighted by molar-refractivity contribution is 5.73. The second kappa shape index (κ2) is 5.15. The maximum absolute atomic E-state index is 11.6. The molecule has 1 rings (SSSR count). The van der Waals surface area contributed by atoms with Crippen molar-refractivity contribution in [1.82, 2.24) is 4.90 Å². The summed E-state index contributed by atoms with van der Waals surface area (Å²) in [7, 11) is 1.38. The molecule has 4 heteroatoms. The average Bonchev–Trinajstić information content (AvgIpc) is 2.62. The van der Waals surface area contributed by atoms with Gasteiger partial charge in [0.1, 0.15) is 0 Å². The van der Waals surface area contributed by atoms with Gasteiger partial charge in [0.15, 0.2) is 0 Å². The molecule has 0 saturated carbocycles. The Morgan fingerprint density at radius 2 is 2.19 bits per heavy atom. The number of carbonyl (C=O) groups is 1. The fourth-order valence-corrected chi connectivity index (χ4v) is 2.48. The first-order valence-corrected chi connectivity index (χ1v) is 5.99. The summed E-state index contributed by atoms with van der Waals surface area (Å²) in [6.45, 7) is 7.53. The van der Waals surface area contributed by atoms with Crippen LogP contribution in [0.3, 0.4) is 0 Å². The van der Waals surface area contributed by atoms with Crippen LogP contribution in [0.5, 0.6) is 0 Å². The van der Waals surface area contributed by atoms with E-state index in [4.69, 9.17) is 4.74 Å². The van der Waals surface area contributed by atoms with Crippen molar-refractivity contribution in [2.45, 2.75) is 45.3 Å². The number of hydrogen-bond acceptors (Lipinski definition) is 4. The first kappa shape index (κ1) is 13.5. The van der Waals surface area contributed by atoms with E-state index in [1.54, 1.807) is 0 Å². The molecule has 1 N–H and O–H groups in total. The molecule has 4 nitrogen and oxygen atoms in total. The van der Waals surface area contributed by atoms with E-state index in [2.05, 4.69) is 18.7 Å². The second-order valence-corrected chi connectivity index (χ2v) is 4.90. The number of likely N-dealkylation sites (tertiary alicyclic amines) is 1. The Bertz CT molecular complexity index is 255. The van der Waals surface area contributed by atoms with Gasteiger partial charge in [-0.05, 0) is 26.7 Å². The quantitative estimate of drug-likeness (QED) is 0.732. The van der Waals surface area contributed by atoms with Crippen LogP contribution in [0, 0.1) is 5.92 Å². The fraction of sp³-hybridized carbons (Fsp3) is 0.917. The Hall–Kier alpha value is -0.610. The standard InChI is InChI=1S/C12H23NO3/c1-5-10(11(14)16-4)12(15)6-7-13(8-12)9(2)3/h9-10,15H,5-8H2,1-4H3. The van der Waals surface area contributed by atoms with Gasteiger partial charge in [-0.25, -0.2) is 0 Å². The minimum absolute atomic E-state index is 0.296. The zero-order valence-corrected chi connectivity index (χ0v) is 10.7. The molecule has 1 saturated heterocycles. The number of β-amino-alcohol motifs (C(OH)–C–C–N with tert-alkyl or cyclic N) is 1. The van der Waals surface area contributed by atoms with Gasteiger partial charge in [-0.15, -0.1) is 0 Å². The van der Waals surface area contributed by atoms with E-state index in [-0.39, 0.29) is 5.97 Å². The zero-order chi connectivity index (χ0) is 12.3. The zero-order valence-electron chi connectivity index (χ0n) is 10.7. The summed E-state index contributed by atoms with van der Waals surface area (Å²) in [4.78, 5) is 13.8. The highest BCUT2D eigenvalue weighted by Gasteiger charge is 2.46. The number of rotatable bonds is 4. The van der Waals surface area contributed by atoms with Crippen molar-refractivity contribution in [3.63, 3.8) is 0 Å². The summed E-state index contributed by atoms with van der Waals surface area (Å²) in [6, 6.07) is 0.407. The van der Waals surface area contributed by atoms with Crippen molar-refractivity contribution in [2.24, 2.45) is 5.92 Å². The Balaban J connectivity index is 2.74. The molecule has 0 aromatic rings. The summed E-state index contributed by atoms with van der Waals surface area (Å²) in [5, 5.41) is 10.5. The highest BCUT2D eigenvalue weighted by atomic mass is 16.5. The highest BCUT2D eigenvalue weighted by Crippen LogP contribution is 2.32. The first-order valence-electron chi connectivity index (χ1n) is 5.99. The Kier molecular flexibility index (Phi) is 4.33. The smallest absolute Gasteiger partial charge is 0.311 e. The molecule has 0 radical (unpaired) electrons. The SMILES string of the molecule is CCC(C(=O)OC)C1(O)CCN(C(C)C)C1. The van der Waals surface area contributed by atoms with Gasteiger partial charge in [0.05, 0.1) is 18.6 Å². The number of ether oxygens (including phenoxy) is 1. The van der Waals surface area contributed by atoms with Gasteiger partial charge in [-0.1, -0.05) is 6.92 Å². The molecule has 94 valence electrons. The molecule has 0 spiro atoms. The van der Waals surface area contributed by atoms with Gasteiger partial charge in [-0.2, -0.15) is 0 Å². The normalized spacial score (nSPS) is 28.4. The predicted octanol–water partition coefficient (Wildman–Crippen LogP) is 1.03. The van der Waals surface area contributed by atoms with E-state index in [1.807, 2.05) is 6.92 Å². The third-order valence-electron chi connectivity index (χ3n) is 3.58. The summed E-state index contributed by atoms with van der Waals surface area (Å²) < 4.78 is 4.76. The molecule has 1 aliphatic rings. The average molecular weight is 229 g/mol. The van der Waals surface area contributed by atoms with Crippen LogP contribution in [0.25, 0.3) is 0 Å². The molecule has 0 aromatic carbocycles. The van der Waals surface area contributed by atoms with Gasteiger partial charge >= 0.3 is 5.97 Å². The summed E-state index contributed by atoms with van der Waals surface area (Å²) in [6.07, 6.45) is 1.27. The summed E-state index contributed by atoms with van der Waals surface area (Å²) in [5.41, 5.74) is -0.911. The van der Waals surface area contributed by atoms with E-state index >= 15 is 0 Å². The monoisotopic (exact) mass is 229 g/mol. The molecule has 1 heterocycles. The lowest BCUT2D eigenvalue weighted by molar-refractivity contribution is -0.155. The van der Waals surface area contributed by atoms with E-state index in [0.29, 0.717) is 25.4 Å². The minimum Gasteiger partial charge on any atom is -0.469 e. The maximum atomic E-state index is 11.6. The molecule has 0 bridgehead atoms. The maximum Gasteiger partial charge on any atom is 0.311 e. The molecule has 2 unspecified atom stereocenters. The number of carbonyl (C=O) groups excluding carboxylic acids is 1. The van der Waals surface area contributed by atoms with Crippen LogP contribution in [0.2, 0.25) is 0 Å². The van der Waals surface area contributed by atoms with Crippen LogP contribution in [-0.2, 0) is 9.53 Å². The van der Waals surface area contributed by atoms with Crippen molar-refractivity contribution in [2.75, 3.05) is 20.2 Å². The van der Waals surface area contributed by atoms with Gasteiger partial charge < -0.3 is 9.84 Å².